The van der Waals surface area contributed by atoms with Crippen LogP contribution in [0, 0.1) is 12.3 Å². The highest BCUT2D eigenvalue weighted by Gasteiger charge is 2.27. The molecule has 1 atom stereocenters. The second-order valence-electron chi connectivity index (χ2n) is 3.19. The minimum atomic E-state index is -0.278. The summed E-state index contributed by atoms with van der Waals surface area (Å²) < 4.78 is 5.53. The van der Waals surface area contributed by atoms with Crippen molar-refractivity contribution in [1.29, 1.82) is 0 Å². The van der Waals surface area contributed by atoms with Gasteiger partial charge in [0.1, 0.15) is 0 Å². The maximum Gasteiger partial charge on any atom is 0.0975 e. The molecule has 1 N–H and O–H groups in total. The molecule has 2 heteroatoms. The molecule has 0 aliphatic carbocycles. The number of hydrogen-bond donors (Lipinski definition) is 1. The third-order valence-electron chi connectivity index (χ3n) is 1.79. The van der Waals surface area contributed by atoms with Gasteiger partial charge in [0.2, 0.25) is 0 Å². The Kier molecular flexibility index (Phi) is 4.96. The van der Waals surface area contributed by atoms with Gasteiger partial charge in [-0.1, -0.05) is 12.8 Å². The Morgan fingerprint density at radius 1 is 1.50 bits per heavy atom. The van der Waals surface area contributed by atoms with Crippen LogP contribution in [-0.4, -0.2) is 24.8 Å². The first-order valence-electron chi connectivity index (χ1n) is 4.42. The predicted molar refractivity (Wildman–Crippen MR) is 52.0 cm³/mol. The Morgan fingerprint density at radius 3 is 2.42 bits per heavy atom. The van der Waals surface area contributed by atoms with Crippen LogP contribution in [0.25, 0.3) is 0 Å². The standard InChI is InChI=1S/C10H19NO/c1-6-9(11-7-2)10(4,5)12-8-3/h1,9,11H,7-8H2,2-5H3. The third-order valence-corrected chi connectivity index (χ3v) is 1.79. The van der Waals surface area contributed by atoms with E-state index in [-0.39, 0.29) is 11.6 Å². The number of rotatable bonds is 5. The summed E-state index contributed by atoms with van der Waals surface area (Å²) >= 11 is 0. The van der Waals surface area contributed by atoms with Crippen molar-refractivity contribution in [2.75, 3.05) is 13.2 Å². The van der Waals surface area contributed by atoms with Gasteiger partial charge in [-0.05, 0) is 27.3 Å². The van der Waals surface area contributed by atoms with Gasteiger partial charge >= 0.3 is 0 Å². The molecule has 0 rings (SSSR count). The van der Waals surface area contributed by atoms with Crippen molar-refractivity contribution >= 4 is 0 Å². The molecule has 0 heterocycles. The number of nitrogens with one attached hydrogen (secondary N) is 1. The fourth-order valence-corrected chi connectivity index (χ4v) is 1.16. The number of likely N-dealkylation sites (N-methyl/N-ethyl adjacent to an activating group) is 1. The van der Waals surface area contributed by atoms with E-state index in [0.717, 1.165) is 6.54 Å². The fraction of sp³-hybridized carbons (Fsp3) is 0.800. The highest BCUT2D eigenvalue weighted by Crippen LogP contribution is 2.13. The zero-order chi connectivity index (χ0) is 9.61. The summed E-state index contributed by atoms with van der Waals surface area (Å²) in [5.41, 5.74) is -0.278. The molecule has 70 valence electrons. The second kappa shape index (κ2) is 5.18. The molecule has 2 nitrogen and oxygen atoms in total. The van der Waals surface area contributed by atoms with Crippen molar-refractivity contribution in [3.8, 4) is 12.3 Å². The quantitative estimate of drug-likeness (QED) is 0.628. The molecular weight excluding hydrogens is 150 g/mol. The lowest BCUT2D eigenvalue weighted by Crippen LogP contribution is -2.47. The van der Waals surface area contributed by atoms with Crippen molar-refractivity contribution in [3.05, 3.63) is 0 Å². The Morgan fingerprint density at radius 2 is 2.08 bits per heavy atom. The average Bonchev–Trinajstić information content (AvgIpc) is 1.99. The molecule has 0 fully saturated rings. The molecule has 0 spiro atoms. The lowest BCUT2D eigenvalue weighted by molar-refractivity contribution is -0.0241. The highest BCUT2D eigenvalue weighted by atomic mass is 16.5. The van der Waals surface area contributed by atoms with E-state index in [0.29, 0.717) is 6.61 Å². The number of ether oxygens (including phenoxy) is 1. The van der Waals surface area contributed by atoms with Crippen LogP contribution in [0.5, 0.6) is 0 Å². The minimum Gasteiger partial charge on any atom is -0.373 e. The molecule has 0 saturated heterocycles. The predicted octanol–water partition coefficient (Wildman–Crippen LogP) is 1.41. The maximum atomic E-state index is 5.53. The Labute approximate surface area is 75.7 Å². The molecule has 0 radical (unpaired) electrons. The Balaban J connectivity index is 4.17. The van der Waals surface area contributed by atoms with Crippen molar-refractivity contribution < 1.29 is 4.74 Å². The fourth-order valence-electron chi connectivity index (χ4n) is 1.16. The first-order valence-corrected chi connectivity index (χ1v) is 4.42. The molecule has 0 aromatic carbocycles. The van der Waals surface area contributed by atoms with E-state index in [1.807, 2.05) is 27.7 Å². The summed E-state index contributed by atoms with van der Waals surface area (Å²) in [7, 11) is 0. The Hall–Kier alpha value is -0.520. The average molecular weight is 169 g/mol. The van der Waals surface area contributed by atoms with Crippen LogP contribution in [0.3, 0.4) is 0 Å². The van der Waals surface area contributed by atoms with Gasteiger partial charge in [0, 0.05) is 6.61 Å². The van der Waals surface area contributed by atoms with Gasteiger partial charge in [-0.25, -0.2) is 0 Å². The van der Waals surface area contributed by atoms with E-state index in [4.69, 9.17) is 11.2 Å². The van der Waals surface area contributed by atoms with Crippen molar-refractivity contribution in [2.24, 2.45) is 0 Å². The summed E-state index contributed by atoms with van der Waals surface area (Å²) in [6, 6.07) is -0.0116. The zero-order valence-corrected chi connectivity index (χ0v) is 8.48. The molecule has 0 bridgehead atoms. The molecule has 0 saturated carbocycles. The van der Waals surface area contributed by atoms with Crippen LogP contribution >= 0.6 is 0 Å². The molecule has 0 aliphatic heterocycles. The number of terminal acetylenes is 1. The topological polar surface area (TPSA) is 21.3 Å². The smallest absolute Gasteiger partial charge is 0.0975 e. The molecule has 1 unspecified atom stereocenters. The lowest BCUT2D eigenvalue weighted by atomic mass is 9.99. The Bertz CT molecular complexity index is 158. The van der Waals surface area contributed by atoms with Crippen molar-refractivity contribution in [3.63, 3.8) is 0 Å². The van der Waals surface area contributed by atoms with E-state index < -0.39 is 0 Å². The van der Waals surface area contributed by atoms with E-state index in [9.17, 15) is 0 Å². The van der Waals surface area contributed by atoms with Gasteiger partial charge < -0.3 is 10.1 Å². The van der Waals surface area contributed by atoms with Crippen molar-refractivity contribution in [2.45, 2.75) is 39.3 Å². The van der Waals surface area contributed by atoms with Crippen LogP contribution in [0.2, 0.25) is 0 Å². The summed E-state index contributed by atoms with van der Waals surface area (Å²) in [5.74, 6) is 2.69. The van der Waals surface area contributed by atoms with E-state index in [1.165, 1.54) is 0 Å². The van der Waals surface area contributed by atoms with E-state index >= 15 is 0 Å². The summed E-state index contributed by atoms with van der Waals surface area (Å²) in [5, 5.41) is 3.20. The first kappa shape index (κ1) is 11.5. The molecule has 0 amide bonds. The van der Waals surface area contributed by atoms with Crippen LogP contribution in [0.15, 0.2) is 0 Å². The normalized spacial score (nSPS) is 13.9. The molecule has 0 aromatic heterocycles. The van der Waals surface area contributed by atoms with Gasteiger partial charge in [-0.15, -0.1) is 6.42 Å². The van der Waals surface area contributed by atoms with Gasteiger partial charge in [0.25, 0.3) is 0 Å². The SMILES string of the molecule is C#CC(NCC)C(C)(C)OCC. The van der Waals surface area contributed by atoms with Crippen molar-refractivity contribution in [1.82, 2.24) is 5.32 Å². The molecule has 0 aliphatic rings. The molecular formula is C10H19NO. The maximum absolute atomic E-state index is 5.53. The summed E-state index contributed by atoms with van der Waals surface area (Å²) in [6.45, 7) is 9.57. The van der Waals surface area contributed by atoms with Crippen LogP contribution in [-0.2, 0) is 4.74 Å². The lowest BCUT2D eigenvalue weighted by Gasteiger charge is -2.31. The highest BCUT2D eigenvalue weighted by molar-refractivity contribution is 5.07. The van der Waals surface area contributed by atoms with E-state index in [1.54, 1.807) is 0 Å². The third kappa shape index (κ3) is 3.25. The number of hydrogen-bond acceptors (Lipinski definition) is 2. The molecule has 12 heavy (non-hydrogen) atoms. The first-order chi connectivity index (χ1) is 5.58. The van der Waals surface area contributed by atoms with Gasteiger partial charge in [0.15, 0.2) is 0 Å². The van der Waals surface area contributed by atoms with Crippen LogP contribution in [0.1, 0.15) is 27.7 Å². The van der Waals surface area contributed by atoms with Crippen LogP contribution < -0.4 is 5.32 Å². The van der Waals surface area contributed by atoms with E-state index in [2.05, 4.69) is 11.2 Å². The second-order valence-corrected chi connectivity index (χ2v) is 3.19. The largest absolute Gasteiger partial charge is 0.373 e. The van der Waals surface area contributed by atoms with Crippen LogP contribution in [0.4, 0.5) is 0 Å². The van der Waals surface area contributed by atoms with Gasteiger partial charge in [0.05, 0.1) is 11.6 Å². The summed E-state index contributed by atoms with van der Waals surface area (Å²) in [4.78, 5) is 0. The molecule has 0 aromatic rings. The van der Waals surface area contributed by atoms with Gasteiger partial charge in [-0.2, -0.15) is 0 Å². The minimum absolute atomic E-state index is 0.0116. The monoisotopic (exact) mass is 169 g/mol. The zero-order valence-electron chi connectivity index (χ0n) is 8.48. The summed E-state index contributed by atoms with van der Waals surface area (Å²) in [6.07, 6.45) is 5.38. The van der Waals surface area contributed by atoms with Gasteiger partial charge in [-0.3, -0.25) is 0 Å².